The summed E-state index contributed by atoms with van der Waals surface area (Å²) in [5, 5.41) is 0. The van der Waals surface area contributed by atoms with E-state index in [4.69, 9.17) is 0 Å². The molecule has 0 saturated carbocycles. The number of piperidine rings is 1. The zero-order valence-electron chi connectivity index (χ0n) is 8.30. The summed E-state index contributed by atoms with van der Waals surface area (Å²) in [5.41, 5.74) is 0. The van der Waals surface area contributed by atoms with E-state index in [1.165, 1.54) is 19.5 Å². The van der Waals surface area contributed by atoms with Gasteiger partial charge in [0.25, 0.3) is 0 Å². The number of rotatable bonds is 1. The molecule has 66 valence electrons. The second kappa shape index (κ2) is 3.57. The second-order valence-electron chi connectivity index (χ2n) is 4.44. The van der Waals surface area contributed by atoms with Gasteiger partial charge in [-0.15, -0.1) is 0 Å². The Balaban J connectivity index is 2.44. The number of hydrogen-bond acceptors (Lipinski definition) is 1. The zero-order chi connectivity index (χ0) is 8.43. The molecule has 1 heterocycles. The van der Waals surface area contributed by atoms with Gasteiger partial charge < -0.3 is 4.90 Å². The van der Waals surface area contributed by atoms with Crippen LogP contribution in [0.25, 0.3) is 0 Å². The van der Waals surface area contributed by atoms with Crippen molar-refractivity contribution in [2.24, 2.45) is 17.8 Å². The van der Waals surface area contributed by atoms with Crippen molar-refractivity contribution >= 4 is 0 Å². The number of hydrogen-bond donors (Lipinski definition) is 0. The lowest BCUT2D eigenvalue weighted by Gasteiger charge is -2.37. The Labute approximate surface area is 70.8 Å². The highest BCUT2D eigenvalue weighted by molar-refractivity contribution is 4.77. The first kappa shape index (κ1) is 9.05. The van der Waals surface area contributed by atoms with Crippen LogP contribution in [0, 0.1) is 17.8 Å². The Morgan fingerprint density at radius 1 is 1.36 bits per heavy atom. The molecule has 1 rings (SSSR count). The Kier molecular flexibility index (Phi) is 2.94. The molecule has 0 spiro atoms. The molecule has 1 nitrogen and oxygen atoms in total. The Hall–Kier alpha value is -0.0400. The first-order valence-electron chi connectivity index (χ1n) is 4.79. The van der Waals surface area contributed by atoms with Crippen LogP contribution in [-0.4, -0.2) is 25.0 Å². The van der Waals surface area contributed by atoms with E-state index in [1.54, 1.807) is 0 Å². The van der Waals surface area contributed by atoms with Crippen molar-refractivity contribution in [3.8, 4) is 0 Å². The van der Waals surface area contributed by atoms with Crippen molar-refractivity contribution in [2.75, 3.05) is 20.1 Å². The largest absolute Gasteiger partial charge is 0.306 e. The third-order valence-electron chi connectivity index (χ3n) is 3.03. The van der Waals surface area contributed by atoms with Crippen molar-refractivity contribution in [2.45, 2.75) is 27.2 Å². The summed E-state index contributed by atoms with van der Waals surface area (Å²) in [5.74, 6) is 2.73. The van der Waals surface area contributed by atoms with Crippen molar-refractivity contribution in [3.05, 3.63) is 0 Å². The summed E-state index contributed by atoms with van der Waals surface area (Å²) in [6.07, 6.45) is 1.40. The van der Waals surface area contributed by atoms with Gasteiger partial charge in [0.15, 0.2) is 0 Å². The predicted molar refractivity (Wildman–Crippen MR) is 49.6 cm³/mol. The molecule has 0 unspecified atom stereocenters. The lowest BCUT2D eigenvalue weighted by Crippen LogP contribution is -2.38. The molecule has 11 heavy (non-hydrogen) atoms. The molecule has 0 aliphatic carbocycles. The minimum absolute atomic E-state index is 0.874. The van der Waals surface area contributed by atoms with Crippen molar-refractivity contribution < 1.29 is 0 Å². The molecule has 1 aliphatic rings. The monoisotopic (exact) mass is 155 g/mol. The second-order valence-corrected chi connectivity index (χ2v) is 4.44. The molecule has 1 fully saturated rings. The molecular weight excluding hydrogens is 134 g/mol. The van der Waals surface area contributed by atoms with E-state index in [0.717, 1.165) is 17.8 Å². The van der Waals surface area contributed by atoms with Gasteiger partial charge in [-0.05, 0) is 37.8 Å². The van der Waals surface area contributed by atoms with Crippen LogP contribution in [0.3, 0.4) is 0 Å². The van der Waals surface area contributed by atoms with E-state index in [-0.39, 0.29) is 0 Å². The topological polar surface area (TPSA) is 3.24 Å². The fourth-order valence-corrected chi connectivity index (χ4v) is 2.36. The molecular formula is C10H21N. The maximum atomic E-state index is 2.45. The normalized spacial score (nSPS) is 34.6. The first-order chi connectivity index (χ1) is 5.11. The Morgan fingerprint density at radius 2 is 2.00 bits per heavy atom. The van der Waals surface area contributed by atoms with Crippen LogP contribution in [0.15, 0.2) is 0 Å². The Bertz CT molecular complexity index is 120. The highest BCUT2D eigenvalue weighted by atomic mass is 15.1. The van der Waals surface area contributed by atoms with Crippen LogP contribution >= 0.6 is 0 Å². The molecule has 0 N–H and O–H groups in total. The van der Waals surface area contributed by atoms with Crippen molar-refractivity contribution in [3.63, 3.8) is 0 Å². The fourth-order valence-electron chi connectivity index (χ4n) is 2.36. The summed E-state index contributed by atoms with van der Waals surface area (Å²) in [7, 11) is 2.23. The van der Waals surface area contributed by atoms with E-state index in [0.29, 0.717) is 0 Å². The van der Waals surface area contributed by atoms with E-state index in [2.05, 4.69) is 32.7 Å². The maximum absolute atomic E-state index is 2.45. The maximum Gasteiger partial charge on any atom is 0.000672 e. The molecule has 0 aromatic carbocycles. The van der Waals surface area contributed by atoms with Crippen molar-refractivity contribution in [1.82, 2.24) is 4.90 Å². The van der Waals surface area contributed by atoms with Crippen LogP contribution < -0.4 is 0 Å². The number of likely N-dealkylation sites (tertiary alicyclic amines) is 1. The molecule has 0 radical (unpaired) electrons. The van der Waals surface area contributed by atoms with Crippen molar-refractivity contribution in [1.29, 1.82) is 0 Å². The third kappa shape index (κ3) is 2.19. The average molecular weight is 155 g/mol. The summed E-state index contributed by atoms with van der Waals surface area (Å²) in [6.45, 7) is 9.69. The Morgan fingerprint density at radius 3 is 2.45 bits per heavy atom. The lowest BCUT2D eigenvalue weighted by atomic mass is 9.79. The smallest absolute Gasteiger partial charge is 0.000672 e. The van der Waals surface area contributed by atoms with Gasteiger partial charge in [0.1, 0.15) is 0 Å². The van der Waals surface area contributed by atoms with Crippen LogP contribution in [0.1, 0.15) is 27.2 Å². The minimum Gasteiger partial charge on any atom is -0.306 e. The summed E-state index contributed by atoms with van der Waals surface area (Å²) >= 11 is 0. The van der Waals surface area contributed by atoms with E-state index >= 15 is 0 Å². The molecule has 1 saturated heterocycles. The molecule has 0 bridgehead atoms. The standard InChI is InChI=1S/C10H21N/c1-8(2)10-5-6-11(4)7-9(10)3/h8-10H,5-7H2,1-4H3/t9-,10-/m1/s1. The van der Waals surface area contributed by atoms with Crippen LogP contribution in [0.5, 0.6) is 0 Å². The predicted octanol–water partition coefficient (Wildman–Crippen LogP) is 2.23. The van der Waals surface area contributed by atoms with Crippen LogP contribution in [-0.2, 0) is 0 Å². The van der Waals surface area contributed by atoms with Gasteiger partial charge in [-0.1, -0.05) is 20.8 Å². The summed E-state index contributed by atoms with van der Waals surface area (Å²) in [4.78, 5) is 2.45. The van der Waals surface area contributed by atoms with Crippen LogP contribution in [0.4, 0.5) is 0 Å². The zero-order valence-corrected chi connectivity index (χ0v) is 8.30. The van der Waals surface area contributed by atoms with E-state index < -0.39 is 0 Å². The van der Waals surface area contributed by atoms with Gasteiger partial charge in [-0.2, -0.15) is 0 Å². The third-order valence-corrected chi connectivity index (χ3v) is 3.03. The molecule has 1 heteroatoms. The quantitative estimate of drug-likeness (QED) is 0.561. The molecule has 2 atom stereocenters. The minimum atomic E-state index is 0.874. The van der Waals surface area contributed by atoms with Gasteiger partial charge in [0.2, 0.25) is 0 Å². The highest BCUT2D eigenvalue weighted by Gasteiger charge is 2.25. The van der Waals surface area contributed by atoms with Gasteiger partial charge >= 0.3 is 0 Å². The molecule has 0 aromatic heterocycles. The van der Waals surface area contributed by atoms with Gasteiger partial charge in [-0.3, -0.25) is 0 Å². The summed E-state index contributed by atoms with van der Waals surface area (Å²) < 4.78 is 0. The summed E-state index contributed by atoms with van der Waals surface area (Å²) in [6, 6.07) is 0. The lowest BCUT2D eigenvalue weighted by molar-refractivity contribution is 0.122. The van der Waals surface area contributed by atoms with Gasteiger partial charge in [0.05, 0.1) is 0 Å². The van der Waals surface area contributed by atoms with Gasteiger partial charge in [-0.25, -0.2) is 0 Å². The average Bonchev–Trinajstić information content (AvgIpc) is 1.85. The molecule has 0 aromatic rings. The first-order valence-corrected chi connectivity index (χ1v) is 4.79. The fraction of sp³-hybridized carbons (Fsp3) is 1.00. The number of nitrogens with zero attached hydrogens (tertiary/aromatic N) is 1. The molecule has 1 aliphatic heterocycles. The van der Waals surface area contributed by atoms with Gasteiger partial charge in [0, 0.05) is 6.54 Å². The highest BCUT2D eigenvalue weighted by Crippen LogP contribution is 2.28. The molecule has 0 amide bonds. The van der Waals surface area contributed by atoms with Crippen LogP contribution in [0.2, 0.25) is 0 Å². The SMILES string of the molecule is CC(C)[C@H]1CCN(C)C[C@H]1C. The van der Waals surface area contributed by atoms with E-state index in [1.807, 2.05) is 0 Å². The van der Waals surface area contributed by atoms with E-state index in [9.17, 15) is 0 Å².